The van der Waals surface area contributed by atoms with Gasteiger partial charge < -0.3 is 24.3 Å². The quantitative estimate of drug-likeness (QED) is 0.913. The van der Waals surface area contributed by atoms with Crippen LogP contribution in [0.15, 0.2) is 36.4 Å². The molecular weight excluding hydrogens is 310 g/mol. The Morgan fingerprint density at radius 3 is 2.62 bits per heavy atom. The van der Waals surface area contributed by atoms with Crippen LogP contribution in [0.25, 0.3) is 0 Å². The van der Waals surface area contributed by atoms with Crippen molar-refractivity contribution in [2.75, 3.05) is 21.0 Å². The van der Waals surface area contributed by atoms with Crippen molar-refractivity contribution in [2.45, 2.75) is 13.0 Å². The van der Waals surface area contributed by atoms with Crippen molar-refractivity contribution in [1.29, 1.82) is 0 Å². The van der Waals surface area contributed by atoms with E-state index in [4.69, 9.17) is 18.9 Å². The van der Waals surface area contributed by atoms with Crippen LogP contribution in [0.1, 0.15) is 28.9 Å². The third-order valence-electron chi connectivity index (χ3n) is 3.89. The molecule has 0 saturated carbocycles. The van der Waals surface area contributed by atoms with Gasteiger partial charge in [0.2, 0.25) is 6.79 Å². The molecule has 0 aliphatic carbocycles. The Hall–Kier alpha value is -2.89. The number of carbonyl (C=O) groups is 1. The molecular formula is C18H19NO5. The van der Waals surface area contributed by atoms with Crippen LogP contribution in [0.2, 0.25) is 0 Å². The summed E-state index contributed by atoms with van der Waals surface area (Å²) in [5.74, 6) is 2.42. The SMILES string of the molecule is COc1ccc(OC)c(C(C)NC(=O)c2ccc3c(c2)OCO3)c1. The molecule has 6 nitrogen and oxygen atoms in total. The molecule has 1 atom stereocenters. The lowest BCUT2D eigenvalue weighted by atomic mass is 10.1. The number of rotatable bonds is 5. The molecule has 6 heteroatoms. The van der Waals surface area contributed by atoms with Gasteiger partial charge in [-0.05, 0) is 43.3 Å². The summed E-state index contributed by atoms with van der Waals surface area (Å²) in [6.07, 6.45) is 0. The first-order valence-electron chi connectivity index (χ1n) is 7.55. The molecule has 1 N–H and O–H groups in total. The molecule has 0 saturated heterocycles. The van der Waals surface area contributed by atoms with E-state index >= 15 is 0 Å². The molecule has 1 aliphatic heterocycles. The zero-order chi connectivity index (χ0) is 17.1. The highest BCUT2D eigenvalue weighted by Gasteiger charge is 2.19. The second-order valence-electron chi connectivity index (χ2n) is 5.37. The fourth-order valence-corrected chi connectivity index (χ4v) is 2.57. The fourth-order valence-electron chi connectivity index (χ4n) is 2.57. The lowest BCUT2D eigenvalue weighted by Gasteiger charge is -2.18. The highest BCUT2D eigenvalue weighted by Crippen LogP contribution is 2.33. The van der Waals surface area contributed by atoms with Gasteiger partial charge in [0.15, 0.2) is 11.5 Å². The second-order valence-corrected chi connectivity index (χ2v) is 5.37. The molecule has 1 amide bonds. The largest absolute Gasteiger partial charge is 0.497 e. The molecule has 2 aromatic rings. The maximum absolute atomic E-state index is 12.5. The molecule has 1 aliphatic rings. The van der Waals surface area contributed by atoms with Gasteiger partial charge in [0.1, 0.15) is 11.5 Å². The fraction of sp³-hybridized carbons (Fsp3) is 0.278. The normalized spacial score (nSPS) is 13.3. The number of benzene rings is 2. The highest BCUT2D eigenvalue weighted by atomic mass is 16.7. The van der Waals surface area contributed by atoms with E-state index < -0.39 is 0 Å². The van der Waals surface area contributed by atoms with Crippen LogP contribution in [0.3, 0.4) is 0 Å². The summed E-state index contributed by atoms with van der Waals surface area (Å²) in [7, 11) is 3.19. The maximum Gasteiger partial charge on any atom is 0.251 e. The second kappa shape index (κ2) is 6.70. The number of amides is 1. The van der Waals surface area contributed by atoms with Crippen molar-refractivity contribution in [3.8, 4) is 23.0 Å². The summed E-state index contributed by atoms with van der Waals surface area (Å²) < 4.78 is 21.2. The van der Waals surface area contributed by atoms with Crippen LogP contribution in [0, 0.1) is 0 Å². The molecule has 2 aromatic carbocycles. The first-order chi connectivity index (χ1) is 11.6. The standard InChI is InChI=1S/C18H19NO5/c1-11(14-9-13(21-2)5-7-15(14)22-3)19-18(20)12-4-6-16-17(8-12)24-10-23-16/h4-9,11H,10H2,1-3H3,(H,19,20). The molecule has 1 unspecified atom stereocenters. The van der Waals surface area contributed by atoms with Gasteiger partial charge in [0.25, 0.3) is 5.91 Å². The smallest absolute Gasteiger partial charge is 0.251 e. The zero-order valence-corrected chi connectivity index (χ0v) is 13.8. The molecule has 1 heterocycles. The van der Waals surface area contributed by atoms with E-state index in [-0.39, 0.29) is 18.7 Å². The Kier molecular flexibility index (Phi) is 4.46. The topological polar surface area (TPSA) is 66.0 Å². The summed E-state index contributed by atoms with van der Waals surface area (Å²) in [6, 6.07) is 10.3. The minimum absolute atomic E-state index is 0.178. The third-order valence-corrected chi connectivity index (χ3v) is 3.89. The van der Waals surface area contributed by atoms with Crippen molar-refractivity contribution in [3.05, 3.63) is 47.5 Å². The van der Waals surface area contributed by atoms with Gasteiger partial charge in [-0.25, -0.2) is 0 Å². The van der Waals surface area contributed by atoms with Crippen molar-refractivity contribution in [1.82, 2.24) is 5.32 Å². The average molecular weight is 329 g/mol. The lowest BCUT2D eigenvalue weighted by molar-refractivity contribution is 0.0939. The van der Waals surface area contributed by atoms with Gasteiger partial charge in [0, 0.05) is 11.1 Å². The third kappa shape index (κ3) is 3.08. The van der Waals surface area contributed by atoms with Gasteiger partial charge in [-0.2, -0.15) is 0 Å². The van der Waals surface area contributed by atoms with E-state index in [0.29, 0.717) is 28.6 Å². The Balaban J connectivity index is 1.79. The first-order valence-corrected chi connectivity index (χ1v) is 7.55. The summed E-state index contributed by atoms with van der Waals surface area (Å²) in [4.78, 5) is 12.5. The van der Waals surface area contributed by atoms with Crippen LogP contribution in [-0.2, 0) is 0 Å². The molecule has 3 rings (SSSR count). The maximum atomic E-state index is 12.5. The summed E-state index contributed by atoms with van der Waals surface area (Å²) in [5.41, 5.74) is 1.35. The van der Waals surface area contributed by atoms with Gasteiger partial charge in [-0.3, -0.25) is 4.79 Å². The van der Waals surface area contributed by atoms with Crippen molar-refractivity contribution in [3.63, 3.8) is 0 Å². The number of carbonyl (C=O) groups excluding carboxylic acids is 1. The Morgan fingerprint density at radius 1 is 1.08 bits per heavy atom. The van der Waals surface area contributed by atoms with E-state index in [1.165, 1.54) is 0 Å². The van der Waals surface area contributed by atoms with Crippen LogP contribution < -0.4 is 24.3 Å². The number of hydrogen-bond donors (Lipinski definition) is 1. The number of nitrogens with one attached hydrogen (secondary N) is 1. The summed E-state index contributed by atoms with van der Waals surface area (Å²) in [6.45, 7) is 2.07. The molecule has 0 fully saturated rings. The highest BCUT2D eigenvalue weighted by molar-refractivity contribution is 5.95. The van der Waals surface area contributed by atoms with E-state index in [0.717, 1.165) is 5.56 Å². The number of hydrogen-bond acceptors (Lipinski definition) is 5. The predicted octanol–water partition coefficient (Wildman–Crippen LogP) is 2.92. The first kappa shape index (κ1) is 16.0. The lowest BCUT2D eigenvalue weighted by Crippen LogP contribution is -2.26. The molecule has 126 valence electrons. The van der Waals surface area contributed by atoms with Crippen LogP contribution >= 0.6 is 0 Å². The minimum Gasteiger partial charge on any atom is -0.497 e. The van der Waals surface area contributed by atoms with E-state index in [1.807, 2.05) is 25.1 Å². The Labute approximate surface area is 140 Å². The van der Waals surface area contributed by atoms with Crippen molar-refractivity contribution >= 4 is 5.91 Å². The monoisotopic (exact) mass is 329 g/mol. The average Bonchev–Trinajstić information content (AvgIpc) is 3.08. The van der Waals surface area contributed by atoms with Gasteiger partial charge >= 0.3 is 0 Å². The van der Waals surface area contributed by atoms with E-state index in [9.17, 15) is 4.79 Å². The Bertz CT molecular complexity index is 759. The molecule has 0 spiro atoms. The molecule has 0 radical (unpaired) electrons. The minimum atomic E-state index is -0.257. The van der Waals surface area contributed by atoms with Crippen LogP contribution in [0.4, 0.5) is 0 Å². The van der Waals surface area contributed by atoms with Crippen LogP contribution in [-0.4, -0.2) is 26.9 Å². The Morgan fingerprint density at radius 2 is 1.88 bits per heavy atom. The van der Waals surface area contributed by atoms with Gasteiger partial charge in [-0.1, -0.05) is 0 Å². The predicted molar refractivity (Wildman–Crippen MR) is 88.0 cm³/mol. The summed E-state index contributed by atoms with van der Waals surface area (Å²) in [5, 5.41) is 2.96. The van der Waals surface area contributed by atoms with Crippen molar-refractivity contribution < 1.29 is 23.7 Å². The van der Waals surface area contributed by atoms with E-state index in [1.54, 1.807) is 32.4 Å². The van der Waals surface area contributed by atoms with Gasteiger partial charge in [-0.15, -0.1) is 0 Å². The van der Waals surface area contributed by atoms with Gasteiger partial charge in [0.05, 0.1) is 20.3 Å². The molecule has 0 bridgehead atoms. The molecule has 0 aromatic heterocycles. The number of methoxy groups -OCH3 is 2. The molecule has 24 heavy (non-hydrogen) atoms. The summed E-state index contributed by atoms with van der Waals surface area (Å²) >= 11 is 0. The zero-order valence-electron chi connectivity index (χ0n) is 13.8. The number of ether oxygens (including phenoxy) is 4. The van der Waals surface area contributed by atoms with Crippen molar-refractivity contribution in [2.24, 2.45) is 0 Å². The van der Waals surface area contributed by atoms with E-state index in [2.05, 4.69) is 5.32 Å². The van der Waals surface area contributed by atoms with Crippen LogP contribution in [0.5, 0.6) is 23.0 Å². The number of fused-ring (bicyclic) bond motifs is 1.